The summed E-state index contributed by atoms with van der Waals surface area (Å²) in [6.45, 7) is 0. The number of fused-ring (bicyclic) bond motifs is 1. The molecule has 0 N–H and O–H groups in total. The van der Waals surface area contributed by atoms with E-state index in [4.69, 9.17) is 4.42 Å². The molecule has 7 nitrogen and oxygen atoms in total. The molecule has 0 bridgehead atoms. The van der Waals surface area contributed by atoms with Crippen LogP contribution < -0.4 is 5.43 Å². The lowest BCUT2D eigenvalue weighted by atomic mass is 10.1. The second-order valence-electron chi connectivity index (χ2n) is 5.09. The molecule has 0 aliphatic carbocycles. The van der Waals surface area contributed by atoms with Crippen molar-refractivity contribution in [2.24, 2.45) is 0 Å². The van der Waals surface area contributed by atoms with Crippen LogP contribution in [0.3, 0.4) is 0 Å². The summed E-state index contributed by atoms with van der Waals surface area (Å²) in [6.07, 6.45) is 2.34. The van der Waals surface area contributed by atoms with E-state index in [1.54, 1.807) is 24.3 Å². The Morgan fingerprint density at radius 2 is 1.57 bits per heavy atom. The van der Waals surface area contributed by atoms with Crippen molar-refractivity contribution in [1.82, 2.24) is 9.80 Å². The molecule has 0 saturated carbocycles. The number of carbonyl (C=O) groups is 3. The number of likely N-dealkylation sites (N-methyl/N-ethyl adjacent to an activating group) is 2. The molecule has 1 aliphatic heterocycles. The van der Waals surface area contributed by atoms with E-state index in [0.717, 1.165) is 15.9 Å². The molecular formula is C16H12N2O5. The van der Waals surface area contributed by atoms with E-state index >= 15 is 0 Å². The summed E-state index contributed by atoms with van der Waals surface area (Å²) in [5.74, 6) is -1.52. The van der Waals surface area contributed by atoms with E-state index < -0.39 is 17.8 Å². The van der Waals surface area contributed by atoms with Gasteiger partial charge in [0, 0.05) is 14.1 Å². The van der Waals surface area contributed by atoms with Gasteiger partial charge in [-0.05, 0) is 18.2 Å². The van der Waals surface area contributed by atoms with Crippen molar-refractivity contribution in [3.63, 3.8) is 0 Å². The molecule has 1 aromatic carbocycles. The Labute approximate surface area is 130 Å². The minimum atomic E-state index is -0.759. The minimum Gasteiger partial charge on any atom is -0.463 e. The highest BCUT2D eigenvalue weighted by molar-refractivity contribution is 6.30. The van der Waals surface area contributed by atoms with E-state index in [9.17, 15) is 19.2 Å². The number of imide groups is 2. The lowest BCUT2D eigenvalue weighted by molar-refractivity contribution is -0.134. The Morgan fingerprint density at radius 3 is 2.22 bits per heavy atom. The minimum absolute atomic E-state index is 0.0662. The molecule has 4 amide bonds. The zero-order valence-corrected chi connectivity index (χ0v) is 12.4. The normalized spacial score (nSPS) is 15.6. The van der Waals surface area contributed by atoms with Crippen molar-refractivity contribution in [1.29, 1.82) is 0 Å². The zero-order valence-electron chi connectivity index (χ0n) is 12.4. The third kappa shape index (κ3) is 2.22. The second-order valence-corrected chi connectivity index (χ2v) is 5.09. The smallest absolute Gasteiger partial charge is 0.333 e. The summed E-state index contributed by atoms with van der Waals surface area (Å²) in [6, 6.07) is 5.93. The molecule has 1 saturated heterocycles. The maximum Gasteiger partial charge on any atom is 0.333 e. The monoisotopic (exact) mass is 312 g/mol. The maximum atomic E-state index is 12.4. The van der Waals surface area contributed by atoms with E-state index in [1.807, 2.05) is 0 Å². The van der Waals surface area contributed by atoms with Gasteiger partial charge in [-0.15, -0.1) is 0 Å². The molecule has 116 valence electrons. The zero-order chi connectivity index (χ0) is 16.7. The average molecular weight is 312 g/mol. The Morgan fingerprint density at radius 1 is 0.957 bits per heavy atom. The van der Waals surface area contributed by atoms with Gasteiger partial charge in [0.1, 0.15) is 17.4 Å². The fraction of sp³-hybridized carbons (Fsp3) is 0.125. The van der Waals surface area contributed by atoms with Gasteiger partial charge in [-0.1, -0.05) is 12.1 Å². The summed E-state index contributed by atoms with van der Waals surface area (Å²) < 4.78 is 5.35. The summed E-state index contributed by atoms with van der Waals surface area (Å²) in [4.78, 5) is 50.0. The van der Waals surface area contributed by atoms with E-state index in [2.05, 4.69) is 0 Å². The van der Waals surface area contributed by atoms with Gasteiger partial charge in [-0.2, -0.15) is 0 Å². The lowest BCUT2D eigenvalue weighted by Gasteiger charge is -2.28. The molecule has 3 rings (SSSR count). The van der Waals surface area contributed by atoms with Crippen LogP contribution in [0.1, 0.15) is 5.56 Å². The predicted octanol–water partition coefficient (Wildman–Crippen LogP) is 1.23. The lowest BCUT2D eigenvalue weighted by Crippen LogP contribution is -2.53. The Balaban J connectivity index is 2.16. The molecule has 2 heterocycles. The number of nitrogens with zero attached hydrogens (tertiary/aromatic N) is 2. The van der Waals surface area contributed by atoms with E-state index in [-0.39, 0.29) is 16.6 Å². The van der Waals surface area contributed by atoms with Crippen LogP contribution in [-0.2, 0) is 9.59 Å². The fourth-order valence-corrected chi connectivity index (χ4v) is 2.32. The van der Waals surface area contributed by atoms with E-state index in [0.29, 0.717) is 11.0 Å². The first kappa shape index (κ1) is 14.7. The summed E-state index contributed by atoms with van der Waals surface area (Å²) >= 11 is 0. The van der Waals surface area contributed by atoms with Gasteiger partial charge in [0.2, 0.25) is 0 Å². The largest absolute Gasteiger partial charge is 0.463 e. The van der Waals surface area contributed by atoms with Crippen molar-refractivity contribution in [3.8, 4) is 0 Å². The molecule has 0 spiro atoms. The molecule has 1 aromatic heterocycles. The quantitative estimate of drug-likeness (QED) is 0.584. The van der Waals surface area contributed by atoms with Crippen molar-refractivity contribution >= 4 is 34.9 Å². The Hall–Kier alpha value is -3.22. The molecule has 0 atom stereocenters. The first-order chi connectivity index (χ1) is 10.9. The summed E-state index contributed by atoms with van der Waals surface area (Å²) in [5, 5.41) is 0.343. The highest BCUT2D eigenvalue weighted by atomic mass is 16.3. The van der Waals surface area contributed by atoms with Crippen LogP contribution in [0.25, 0.3) is 17.0 Å². The molecule has 2 aromatic rings. The van der Waals surface area contributed by atoms with Crippen molar-refractivity contribution < 1.29 is 18.8 Å². The molecule has 1 aliphatic rings. The van der Waals surface area contributed by atoms with Gasteiger partial charge in [0.05, 0.1) is 10.9 Å². The Kier molecular flexibility index (Phi) is 3.33. The standard InChI is InChI=1S/C16H12N2O5/c1-17-14(20)11(15(21)18(2)16(17)22)7-9-8-23-12-6-4-3-5-10(12)13(9)19/h3-8H,1-2H3. The van der Waals surface area contributed by atoms with Gasteiger partial charge >= 0.3 is 6.03 Å². The number of hydrogen-bond donors (Lipinski definition) is 0. The van der Waals surface area contributed by atoms with Crippen molar-refractivity contribution in [2.75, 3.05) is 14.1 Å². The van der Waals surface area contributed by atoms with Crippen LogP contribution in [0.15, 0.2) is 45.3 Å². The number of carbonyl (C=O) groups excluding carboxylic acids is 3. The van der Waals surface area contributed by atoms with Crippen LogP contribution in [0.5, 0.6) is 0 Å². The van der Waals surface area contributed by atoms with Crippen LogP contribution in [-0.4, -0.2) is 41.7 Å². The van der Waals surface area contributed by atoms with Gasteiger partial charge in [-0.25, -0.2) is 4.79 Å². The fourth-order valence-electron chi connectivity index (χ4n) is 2.32. The third-order valence-corrected chi connectivity index (χ3v) is 3.65. The summed E-state index contributed by atoms with van der Waals surface area (Å²) in [5.41, 5.74) is -0.152. The molecule has 0 radical (unpaired) electrons. The van der Waals surface area contributed by atoms with Crippen molar-refractivity contribution in [3.05, 3.63) is 51.9 Å². The molecular weight excluding hydrogens is 300 g/mol. The van der Waals surface area contributed by atoms with Gasteiger partial charge < -0.3 is 4.42 Å². The molecule has 7 heteroatoms. The first-order valence-electron chi connectivity index (χ1n) is 6.74. The topological polar surface area (TPSA) is 87.9 Å². The van der Waals surface area contributed by atoms with Crippen LogP contribution in [0.2, 0.25) is 0 Å². The highest BCUT2D eigenvalue weighted by Gasteiger charge is 2.37. The number of amides is 4. The van der Waals surface area contributed by atoms with Gasteiger partial charge in [0.25, 0.3) is 11.8 Å². The molecule has 23 heavy (non-hydrogen) atoms. The number of urea groups is 1. The highest BCUT2D eigenvalue weighted by Crippen LogP contribution is 2.18. The number of barbiturate groups is 1. The molecule has 1 fully saturated rings. The van der Waals surface area contributed by atoms with Crippen LogP contribution in [0, 0.1) is 0 Å². The van der Waals surface area contributed by atoms with Gasteiger partial charge in [-0.3, -0.25) is 24.2 Å². The second kappa shape index (κ2) is 5.20. The number of benzene rings is 1. The number of hydrogen-bond acceptors (Lipinski definition) is 5. The number of rotatable bonds is 1. The first-order valence-corrected chi connectivity index (χ1v) is 6.74. The predicted molar refractivity (Wildman–Crippen MR) is 81.4 cm³/mol. The Bertz CT molecular complexity index is 915. The average Bonchev–Trinajstić information content (AvgIpc) is 2.57. The maximum absolute atomic E-state index is 12.4. The summed E-state index contributed by atoms with van der Waals surface area (Å²) in [7, 11) is 2.54. The van der Waals surface area contributed by atoms with E-state index in [1.165, 1.54) is 20.4 Å². The van der Waals surface area contributed by atoms with Crippen LogP contribution >= 0.6 is 0 Å². The van der Waals surface area contributed by atoms with Crippen LogP contribution in [0.4, 0.5) is 4.79 Å². The molecule has 0 unspecified atom stereocenters. The number of para-hydroxylation sites is 1. The SMILES string of the molecule is CN1C(=O)C(=Cc2coc3ccccc3c2=O)C(=O)N(C)C1=O. The van der Waals surface area contributed by atoms with Crippen molar-refractivity contribution in [2.45, 2.75) is 0 Å². The van der Waals surface area contributed by atoms with Gasteiger partial charge in [0.15, 0.2) is 5.43 Å². The third-order valence-electron chi connectivity index (χ3n) is 3.65.